The molecule has 1 amide bonds. The zero-order valence-electron chi connectivity index (χ0n) is 13.5. The number of likely N-dealkylation sites (N-methyl/N-ethyl adjacent to an activating group) is 2. The molecule has 1 heterocycles. The Balaban J connectivity index is 2.37. The lowest BCUT2D eigenvalue weighted by Crippen LogP contribution is -2.33. The molecule has 0 aliphatic rings. The fourth-order valence-electron chi connectivity index (χ4n) is 2.58. The molecule has 1 aromatic carbocycles. The minimum absolute atomic E-state index is 0.0385. The second-order valence-corrected chi connectivity index (χ2v) is 5.87. The maximum atomic E-state index is 12.6. The van der Waals surface area contributed by atoms with Crippen molar-refractivity contribution in [1.82, 2.24) is 14.8 Å². The summed E-state index contributed by atoms with van der Waals surface area (Å²) in [6, 6.07) is 9.59. The Labute approximate surface area is 136 Å². The summed E-state index contributed by atoms with van der Waals surface area (Å²) in [5.74, 6) is 0.0385. The standard InChI is InChI=1S/C17H22ClN3O/c1-12-10-16(17(22)20(4)9-8-19-3)13(2)21(12)15-7-5-6-14(18)11-15/h5-7,10-11,19H,8-9H2,1-4H3. The molecule has 0 aliphatic heterocycles. The number of nitrogens with zero attached hydrogens (tertiary/aromatic N) is 2. The van der Waals surface area contributed by atoms with Gasteiger partial charge in [-0.15, -0.1) is 0 Å². The maximum absolute atomic E-state index is 12.6. The van der Waals surface area contributed by atoms with Crippen LogP contribution < -0.4 is 5.32 Å². The van der Waals surface area contributed by atoms with Crippen molar-refractivity contribution < 1.29 is 4.79 Å². The van der Waals surface area contributed by atoms with Crippen molar-refractivity contribution in [2.75, 3.05) is 27.2 Å². The molecule has 2 aromatic rings. The van der Waals surface area contributed by atoms with E-state index in [1.54, 1.807) is 4.90 Å². The summed E-state index contributed by atoms with van der Waals surface area (Å²) < 4.78 is 2.06. The van der Waals surface area contributed by atoms with Crippen LogP contribution in [0.5, 0.6) is 0 Å². The molecular weight excluding hydrogens is 298 g/mol. The number of nitrogens with one attached hydrogen (secondary N) is 1. The molecule has 0 spiro atoms. The average Bonchev–Trinajstić information content (AvgIpc) is 2.78. The van der Waals surface area contributed by atoms with Gasteiger partial charge < -0.3 is 14.8 Å². The van der Waals surface area contributed by atoms with E-state index in [0.717, 1.165) is 29.2 Å². The van der Waals surface area contributed by atoms with Gasteiger partial charge in [-0.05, 0) is 45.2 Å². The second-order valence-electron chi connectivity index (χ2n) is 5.43. The smallest absolute Gasteiger partial charge is 0.255 e. The van der Waals surface area contributed by atoms with E-state index < -0.39 is 0 Å². The van der Waals surface area contributed by atoms with Crippen LogP contribution in [0.1, 0.15) is 21.7 Å². The van der Waals surface area contributed by atoms with Gasteiger partial charge in [-0.1, -0.05) is 17.7 Å². The van der Waals surface area contributed by atoms with Gasteiger partial charge in [0, 0.05) is 42.2 Å². The first-order valence-electron chi connectivity index (χ1n) is 7.30. The van der Waals surface area contributed by atoms with Gasteiger partial charge in [0.1, 0.15) is 0 Å². The molecule has 0 unspecified atom stereocenters. The van der Waals surface area contributed by atoms with E-state index in [9.17, 15) is 4.79 Å². The number of amides is 1. The predicted octanol–water partition coefficient (Wildman–Crippen LogP) is 3.04. The number of aromatic nitrogens is 1. The molecule has 0 bridgehead atoms. The third-order valence-corrected chi connectivity index (χ3v) is 4.01. The molecule has 0 radical (unpaired) electrons. The van der Waals surface area contributed by atoms with Crippen LogP contribution in [0.4, 0.5) is 0 Å². The van der Waals surface area contributed by atoms with Crippen LogP contribution in [0, 0.1) is 13.8 Å². The van der Waals surface area contributed by atoms with E-state index >= 15 is 0 Å². The van der Waals surface area contributed by atoms with Gasteiger partial charge in [0.05, 0.1) is 5.56 Å². The molecule has 0 saturated carbocycles. The Morgan fingerprint density at radius 2 is 2.05 bits per heavy atom. The van der Waals surface area contributed by atoms with E-state index in [4.69, 9.17) is 11.6 Å². The van der Waals surface area contributed by atoms with Crippen molar-refractivity contribution in [2.24, 2.45) is 0 Å². The quantitative estimate of drug-likeness (QED) is 0.919. The lowest BCUT2D eigenvalue weighted by molar-refractivity contribution is 0.0796. The van der Waals surface area contributed by atoms with Crippen LogP contribution in [0.3, 0.4) is 0 Å². The molecular formula is C17H22ClN3O. The molecule has 22 heavy (non-hydrogen) atoms. The van der Waals surface area contributed by atoms with Crippen LogP contribution >= 0.6 is 11.6 Å². The molecule has 5 heteroatoms. The first-order valence-corrected chi connectivity index (χ1v) is 7.68. The van der Waals surface area contributed by atoms with E-state index in [1.165, 1.54) is 0 Å². The fourth-order valence-corrected chi connectivity index (χ4v) is 2.76. The Morgan fingerprint density at radius 3 is 2.68 bits per heavy atom. The number of carbonyl (C=O) groups excluding carboxylic acids is 1. The highest BCUT2D eigenvalue weighted by atomic mass is 35.5. The molecule has 0 fully saturated rings. The number of benzene rings is 1. The predicted molar refractivity (Wildman–Crippen MR) is 91.1 cm³/mol. The largest absolute Gasteiger partial charge is 0.340 e. The van der Waals surface area contributed by atoms with Gasteiger partial charge in [-0.2, -0.15) is 0 Å². The monoisotopic (exact) mass is 319 g/mol. The third-order valence-electron chi connectivity index (χ3n) is 3.77. The first kappa shape index (κ1) is 16.6. The lowest BCUT2D eigenvalue weighted by Gasteiger charge is -2.17. The van der Waals surface area contributed by atoms with Crippen molar-refractivity contribution in [3.63, 3.8) is 0 Å². The number of hydrogen-bond donors (Lipinski definition) is 1. The van der Waals surface area contributed by atoms with Crippen LogP contribution in [-0.4, -0.2) is 42.6 Å². The fraction of sp³-hybridized carbons (Fsp3) is 0.353. The van der Waals surface area contributed by atoms with Crippen LogP contribution in [0.2, 0.25) is 5.02 Å². The van der Waals surface area contributed by atoms with Crippen molar-refractivity contribution in [2.45, 2.75) is 13.8 Å². The van der Waals surface area contributed by atoms with Gasteiger partial charge in [-0.3, -0.25) is 4.79 Å². The summed E-state index contributed by atoms with van der Waals surface area (Å²) in [4.78, 5) is 14.3. The Bertz CT molecular complexity index is 679. The summed E-state index contributed by atoms with van der Waals surface area (Å²) in [5, 5.41) is 3.74. The minimum atomic E-state index is 0.0385. The van der Waals surface area contributed by atoms with Crippen molar-refractivity contribution in [3.05, 3.63) is 52.3 Å². The molecule has 1 aromatic heterocycles. The van der Waals surface area contributed by atoms with Gasteiger partial charge in [0.2, 0.25) is 0 Å². The zero-order valence-corrected chi connectivity index (χ0v) is 14.2. The first-order chi connectivity index (χ1) is 10.5. The van der Waals surface area contributed by atoms with E-state index in [-0.39, 0.29) is 5.91 Å². The van der Waals surface area contributed by atoms with E-state index in [2.05, 4.69) is 9.88 Å². The minimum Gasteiger partial charge on any atom is -0.340 e. The molecule has 0 saturated heterocycles. The lowest BCUT2D eigenvalue weighted by atomic mass is 10.2. The molecule has 4 nitrogen and oxygen atoms in total. The normalized spacial score (nSPS) is 10.8. The Kier molecular flexibility index (Phi) is 5.27. The van der Waals surface area contributed by atoms with Crippen molar-refractivity contribution >= 4 is 17.5 Å². The van der Waals surface area contributed by atoms with E-state index in [1.807, 2.05) is 58.3 Å². The Hall–Kier alpha value is -1.78. The molecule has 1 N–H and O–H groups in total. The number of hydrogen-bond acceptors (Lipinski definition) is 2. The SMILES string of the molecule is CNCCN(C)C(=O)c1cc(C)n(-c2cccc(Cl)c2)c1C. The summed E-state index contributed by atoms with van der Waals surface area (Å²) in [6.07, 6.45) is 0. The molecule has 118 valence electrons. The average molecular weight is 320 g/mol. The van der Waals surface area contributed by atoms with Crippen LogP contribution in [0.25, 0.3) is 5.69 Å². The van der Waals surface area contributed by atoms with Gasteiger partial charge in [0.15, 0.2) is 0 Å². The van der Waals surface area contributed by atoms with Gasteiger partial charge in [-0.25, -0.2) is 0 Å². The molecule has 0 aliphatic carbocycles. The second kappa shape index (κ2) is 6.99. The topological polar surface area (TPSA) is 37.3 Å². The highest BCUT2D eigenvalue weighted by Crippen LogP contribution is 2.23. The molecule has 2 rings (SSSR count). The third kappa shape index (κ3) is 3.34. The number of aryl methyl sites for hydroxylation is 1. The highest BCUT2D eigenvalue weighted by Gasteiger charge is 2.19. The summed E-state index contributed by atoms with van der Waals surface area (Å²) in [5.41, 5.74) is 3.65. The zero-order chi connectivity index (χ0) is 16.3. The van der Waals surface area contributed by atoms with Crippen LogP contribution in [-0.2, 0) is 0 Å². The van der Waals surface area contributed by atoms with Crippen LogP contribution in [0.15, 0.2) is 30.3 Å². The van der Waals surface area contributed by atoms with Gasteiger partial charge in [0.25, 0.3) is 5.91 Å². The summed E-state index contributed by atoms with van der Waals surface area (Å²) >= 11 is 6.08. The van der Waals surface area contributed by atoms with Crippen molar-refractivity contribution in [1.29, 1.82) is 0 Å². The van der Waals surface area contributed by atoms with Gasteiger partial charge >= 0.3 is 0 Å². The Morgan fingerprint density at radius 1 is 1.32 bits per heavy atom. The summed E-state index contributed by atoms with van der Waals surface area (Å²) in [7, 11) is 3.70. The van der Waals surface area contributed by atoms with Crippen molar-refractivity contribution in [3.8, 4) is 5.69 Å². The highest BCUT2D eigenvalue weighted by molar-refractivity contribution is 6.30. The summed E-state index contributed by atoms with van der Waals surface area (Å²) in [6.45, 7) is 5.41. The number of halogens is 1. The van der Waals surface area contributed by atoms with E-state index in [0.29, 0.717) is 11.6 Å². The number of carbonyl (C=O) groups is 1. The maximum Gasteiger partial charge on any atom is 0.255 e. The molecule has 0 atom stereocenters. The number of rotatable bonds is 5.